The van der Waals surface area contributed by atoms with E-state index in [0.717, 1.165) is 6.07 Å². The first kappa shape index (κ1) is 16.5. The van der Waals surface area contributed by atoms with E-state index in [0.29, 0.717) is 0 Å². The molecule has 0 atom stereocenters. The molecule has 2 rings (SSSR count). The molecule has 9 heteroatoms. The third-order valence-electron chi connectivity index (χ3n) is 2.85. The highest BCUT2D eigenvalue weighted by Gasteiger charge is 2.23. The summed E-state index contributed by atoms with van der Waals surface area (Å²) in [6, 6.07) is 5.01. The Morgan fingerprint density at radius 2 is 2.04 bits per heavy atom. The molecule has 120 valence electrons. The van der Waals surface area contributed by atoms with Crippen molar-refractivity contribution in [3.05, 3.63) is 62.6 Å². The Morgan fingerprint density at radius 3 is 2.70 bits per heavy atom. The molecule has 0 N–H and O–H groups in total. The predicted molar refractivity (Wildman–Crippen MR) is 77.3 cm³/mol. The van der Waals surface area contributed by atoms with E-state index in [1.165, 1.54) is 31.6 Å². The molecule has 0 saturated heterocycles. The maximum Gasteiger partial charge on any atom is 0.374 e. The number of halogens is 1. The zero-order valence-corrected chi connectivity index (χ0v) is 12.5. The van der Waals surface area contributed by atoms with Gasteiger partial charge in [-0.15, -0.1) is 0 Å². The van der Waals surface area contributed by atoms with Gasteiger partial charge in [-0.3, -0.25) is 10.1 Å². The topological polar surface area (TPSA) is 109 Å². The first-order valence-corrected chi connectivity index (χ1v) is 6.57. The van der Waals surface area contributed by atoms with Crippen LogP contribution in [-0.2, 0) is 16.1 Å². The zero-order valence-electron chi connectivity index (χ0n) is 11.8. The highest BCUT2D eigenvalue weighted by atomic mass is 35.5. The summed E-state index contributed by atoms with van der Waals surface area (Å²) in [6.07, 6.45) is 1.24. The molecule has 1 heterocycles. The Kier molecular flexibility index (Phi) is 4.97. The number of carbonyl (C=O) groups excluding carboxylic acids is 2. The van der Waals surface area contributed by atoms with E-state index in [1.54, 1.807) is 0 Å². The molecule has 0 aliphatic rings. The molecule has 0 saturated carbocycles. The van der Waals surface area contributed by atoms with Gasteiger partial charge in [-0.2, -0.15) is 0 Å². The molecule has 0 bridgehead atoms. The smallest absolute Gasteiger partial charge is 0.374 e. The summed E-state index contributed by atoms with van der Waals surface area (Å²) in [5.74, 6) is -1.75. The van der Waals surface area contributed by atoms with Crippen LogP contribution < -0.4 is 0 Å². The molecule has 0 fully saturated rings. The Morgan fingerprint density at radius 1 is 1.30 bits per heavy atom. The second kappa shape index (κ2) is 6.93. The standard InChI is InChI=1S/C14H10ClNO7/c1-21-14(18)12-8(4-5-22-12)7-23-13(17)10-3-2-9(15)6-11(10)16(19)20/h2-6H,7H2,1H3. The van der Waals surface area contributed by atoms with Crippen molar-refractivity contribution in [1.29, 1.82) is 0 Å². The molecular weight excluding hydrogens is 330 g/mol. The van der Waals surface area contributed by atoms with E-state index >= 15 is 0 Å². The van der Waals surface area contributed by atoms with Gasteiger partial charge in [-0.25, -0.2) is 9.59 Å². The summed E-state index contributed by atoms with van der Waals surface area (Å²) in [5, 5.41) is 11.1. The molecule has 0 amide bonds. The van der Waals surface area contributed by atoms with Crippen LogP contribution in [0.5, 0.6) is 0 Å². The molecule has 1 aromatic carbocycles. The van der Waals surface area contributed by atoms with Gasteiger partial charge in [-0.05, 0) is 18.2 Å². The average Bonchev–Trinajstić information content (AvgIpc) is 3.00. The van der Waals surface area contributed by atoms with Crippen molar-refractivity contribution in [3.63, 3.8) is 0 Å². The van der Waals surface area contributed by atoms with Crippen LogP contribution in [0.2, 0.25) is 5.02 Å². The van der Waals surface area contributed by atoms with Gasteiger partial charge in [0.05, 0.1) is 18.3 Å². The van der Waals surface area contributed by atoms with Crippen LogP contribution >= 0.6 is 11.6 Å². The Hall–Kier alpha value is -2.87. The monoisotopic (exact) mass is 339 g/mol. The van der Waals surface area contributed by atoms with Crippen LogP contribution in [0.25, 0.3) is 0 Å². The van der Waals surface area contributed by atoms with Gasteiger partial charge in [0.2, 0.25) is 5.76 Å². The Balaban J connectivity index is 2.17. The predicted octanol–water partition coefficient (Wildman–Crippen LogP) is 2.98. The summed E-state index contributed by atoms with van der Waals surface area (Å²) in [7, 11) is 1.18. The van der Waals surface area contributed by atoms with Crippen LogP contribution in [0.4, 0.5) is 5.69 Å². The zero-order chi connectivity index (χ0) is 17.0. The number of hydrogen-bond acceptors (Lipinski definition) is 7. The third kappa shape index (κ3) is 3.67. The highest BCUT2D eigenvalue weighted by Crippen LogP contribution is 2.24. The molecule has 0 radical (unpaired) electrons. The fourth-order valence-electron chi connectivity index (χ4n) is 1.77. The number of esters is 2. The lowest BCUT2D eigenvalue weighted by Crippen LogP contribution is -2.10. The minimum absolute atomic E-state index is 0.106. The molecule has 0 aliphatic heterocycles. The minimum atomic E-state index is -0.926. The first-order valence-electron chi connectivity index (χ1n) is 6.19. The van der Waals surface area contributed by atoms with Gasteiger partial charge >= 0.3 is 11.9 Å². The van der Waals surface area contributed by atoms with Crippen LogP contribution in [0, 0.1) is 10.1 Å². The van der Waals surface area contributed by atoms with E-state index in [-0.39, 0.29) is 28.5 Å². The first-order chi connectivity index (χ1) is 10.9. The fourth-order valence-corrected chi connectivity index (χ4v) is 1.94. The molecular formula is C14H10ClNO7. The lowest BCUT2D eigenvalue weighted by atomic mass is 10.2. The number of hydrogen-bond donors (Lipinski definition) is 0. The summed E-state index contributed by atoms with van der Waals surface area (Å²) >= 11 is 5.68. The van der Waals surface area contributed by atoms with Crippen LogP contribution in [0.3, 0.4) is 0 Å². The number of nitro groups is 1. The Labute approximate surface area is 134 Å². The molecule has 2 aromatic rings. The number of carbonyl (C=O) groups is 2. The van der Waals surface area contributed by atoms with Crippen molar-refractivity contribution >= 4 is 29.2 Å². The lowest BCUT2D eigenvalue weighted by Gasteiger charge is -2.05. The van der Waals surface area contributed by atoms with Crippen molar-refractivity contribution in [1.82, 2.24) is 0 Å². The van der Waals surface area contributed by atoms with Crippen molar-refractivity contribution in [2.24, 2.45) is 0 Å². The van der Waals surface area contributed by atoms with Crippen molar-refractivity contribution in [2.75, 3.05) is 7.11 Å². The van der Waals surface area contributed by atoms with Gasteiger partial charge in [0.15, 0.2) is 0 Å². The number of benzene rings is 1. The number of rotatable bonds is 5. The van der Waals surface area contributed by atoms with Crippen LogP contribution in [-0.4, -0.2) is 24.0 Å². The molecule has 1 aromatic heterocycles. The number of nitrogens with zero attached hydrogens (tertiary/aromatic N) is 1. The maximum absolute atomic E-state index is 12.0. The number of nitro benzene ring substituents is 1. The van der Waals surface area contributed by atoms with E-state index in [4.69, 9.17) is 20.8 Å². The van der Waals surface area contributed by atoms with Crippen LogP contribution in [0.1, 0.15) is 26.5 Å². The lowest BCUT2D eigenvalue weighted by molar-refractivity contribution is -0.385. The van der Waals surface area contributed by atoms with Gasteiger partial charge in [-0.1, -0.05) is 11.6 Å². The third-order valence-corrected chi connectivity index (χ3v) is 3.09. The van der Waals surface area contributed by atoms with E-state index in [2.05, 4.69) is 4.74 Å². The van der Waals surface area contributed by atoms with Crippen molar-refractivity contribution < 1.29 is 28.4 Å². The van der Waals surface area contributed by atoms with Gasteiger partial charge < -0.3 is 13.9 Å². The average molecular weight is 340 g/mol. The van der Waals surface area contributed by atoms with Gasteiger partial charge in [0.25, 0.3) is 5.69 Å². The summed E-state index contributed by atoms with van der Waals surface area (Å²) in [4.78, 5) is 33.7. The fraction of sp³-hybridized carbons (Fsp3) is 0.143. The largest absolute Gasteiger partial charge is 0.463 e. The van der Waals surface area contributed by atoms with E-state index in [1.807, 2.05) is 0 Å². The molecule has 0 spiro atoms. The Bertz CT molecular complexity index is 768. The molecule has 0 unspecified atom stereocenters. The molecule has 8 nitrogen and oxygen atoms in total. The van der Waals surface area contributed by atoms with Crippen molar-refractivity contribution in [3.8, 4) is 0 Å². The normalized spacial score (nSPS) is 10.2. The quantitative estimate of drug-likeness (QED) is 0.468. The summed E-state index contributed by atoms with van der Waals surface area (Å²) < 4.78 is 14.4. The van der Waals surface area contributed by atoms with E-state index < -0.39 is 22.5 Å². The van der Waals surface area contributed by atoms with E-state index in [9.17, 15) is 19.7 Å². The summed E-state index contributed by atoms with van der Waals surface area (Å²) in [5.41, 5.74) is -0.438. The number of ether oxygens (including phenoxy) is 2. The van der Waals surface area contributed by atoms with Gasteiger partial charge in [0.1, 0.15) is 12.2 Å². The highest BCUT2D eigenvalue weighted by molar-refractivity contribution is 6.31. The molecule has 23 heavy (non-hydrogen) atoms. The summed E-state index contributed by atoms with van der Waals surface area (Å²) in [6.45, 7) is -0.306. The minimum Gasteiger partial charge on any atom is -0.463 e. The number of furan rings is 1. The maximum atomic E-state index is 12.0. The van der Waals surface area contributed by atoms with Crippen molar-refractivity contribution in [2.45, 2.75) is 6.61 Å². The second-order valence-corrected chi connectivity index (χ2v) is 4.70. The molecule has 0 aliphatic carbocycles. The second-order valence-electron chi connectivity index (χ2n) is 4.26. The van der Waals surface area contributed by atoms with Gasteiger partial charge in [0, 0.05) is 16.7 Å². The number of methoxy groups -OCH3 is 1. The van der Waals surface area contributed by atoms with Crippen LogP contribution in [0.15, 0.2) is 34.9 Å². The SMILES string of the molecule is COC(=O)c1occc1COC(=O)c1ccc(Cl)cc1[N+](=O)[O-].